The van der Waals surface area contributed by atoms with Crippen molar-refractivity contribution in [1.29, 1.82) is 0 Å². The van der Waals surface area contributed by atoms with Crippen LogP contribution >= 0.6 is 0 Å². The first-order chi connectivity index (χ1) is 11.1. The highest BCUT2D eigenvalue weighted by atomic mass is 16.2. The zero-order valence-electron chi connectivity index (χ0n) is 14.2. The molecule has 0 radical (unpaired) electrons. The van der Waals surface area contributed by atoms with Crippen LogP contribution in [0.1, 0.15) is 49.8 Å². The van der Waals surface area contributed by atoms with Crippen LogP contribution in [-0.4, -0.2) is 48.0 Å². The molecule has 2 aliphatic carbocycles. The summed E-state index contributed by atoms with van der Waals surface area (Å²) in [5.41, 5.74) is 2.57. The van der Waals surface area contributed by atoms with Gasteiger partial charge >= 0.3 is 0 Å². The van der Waals surface area contributed by atoms with Crippen molar-refractivity contribution in [3.8, 4) is 0 Å². The summed E-state index contributed by atoms with van der Waals surface area (Å²) in [6.45, 7) is 1.79. The molecular weight excluding hydrogens is 288 g/mol. The monoisotopic (exact) mass is 314 g/mol. The zero-order valence-corrected chi connectivity index (χ0v) is 14.2. The Balaban J connectivity index is 1.62. The van der Waals surface area contributed by atoms with Gasteiger partial charge in [-0.25, -0.2) is 9.97 Å². The van der Waals surface area contributed by atoms with Crippen LogP contribution in [-0.2, 0) is 16.6 Å². The van der Waals surface area contributed by atoms with Gasteiger partial charge in [-0.1, -0.05) is 6.42 Å². The minimum Gasteiger partial charge on any atom is -0.347 e. The summed E-state index contributed by atoms with van der Waals surface area (Å²) >= 11 is 0. The number of piperidine rings is 1. The molecule has 1 aromatic heterocycles. The molecule has 0 bridgehead atoms. The van der Waals surface area contributed by atoms with Crippen LogP contribution in [0.5, 0.6) is 0 Å². The van der Waals surface area contributed by atoms with Crippen molar-refractivity contribution in [2.45, 2.75) is 50.4 Å². The highest BCUT2D eigenvalue weighted by Crippen LogP contribution is 2.45. The van der Waals surface area contributed by atoms with E-state index in [1.54, 1.807) is 0 Å². The van der Waals surface area contributed by atoms with Gasteiger partial charge in [0.15, 0.2) is 0 Å². The number of fused-ring (bicyclic) bond motifs is 2. The fraction of sp³-hybridized carbons (Fsp3) is 0.722. The largest absolute Gasteiger partial charge is 0.347 e. The van der Waals surface area contributed by atoms with Crippen LogP contribution in [0, 0.1) is 5.92 Å². The fourth-order valence-electron chi connectivity index (χ4n) is 4.38. The Hall–Kier alpha value is -1.65. The summed E-state index contributed by atoms with van der Waals surface area (Å²) in [6.07, 6.45) is 9.81. The third-order valence-electron chi connectivity index (χ3n) is 5.97. The second-order valence-electron chi connectivity index (χ2n) is 7.71. The molecule has 124 valence electrons. The van der Waals surface area contributed by atoms with Crippen molar-refractivity contribution < 1.29 is 4.79 Å². The Bertz CT molecular complexity index is 621. The van der Waals surface area contributed by atoms with E-state index in [9.17, 15) is 4.79 Å². The number of aromatic nitrogens is 2. The maximum absolute atomic E-state index is 12.7. The van der Waals surface area contributed by atoms with E-state index >= 15 is 0 Å². The molecular formula is C18H26N4O. The van der Waals surface area contributed by atoms with Crippen molar-refractivity contribution in [2.24, 2.45) is 5.92 Å². The molecule has 1 atom stereocenters. The molecule has 0 aromatic carbocycles. The molecule has 2 heterocycles. The van der Waals surface area contributed by atoms with Crippen molar-refractivity contribution in [3.63, 3.8) is 0 Å². The Kier molecular flexibility index (Phi) is 3.54. The van der Waals surface area contributed by atoms with E-state index in [0.717, 1.165) is 57.6 Å². The zero-order chi connectivity index (χ0) is 16.0. The topological polar surface area (TPSA) is 49.3 Å². The van der Waals surface area contributed by atoms with Gasteiger partial charge in [0.2, 0.25) is 11.9 Å². The molecule has 3 aliphatic rings. The van der Waals surface area contributed by atoms with Crippen LogP contribution in [0.2, 0.25) is 0 Å². The van der Waals surface area contributed by atoms with E-state index in [0.29, 0.717) is 11.8 Å². The standard InChI is InChI=1S/C18H26N4O/c1-21(2)17-19-11-14-7-9-18(15(14)20-17)8-4-10-22(12-18)16(23)13-5-3-6-13/h11,13H,3-10,12H2,1-2H3. The lowest BCUT2D eigenvalue weighted by Gasteiger charge is -2.42. The van der Waals surface area contributed by atoms with Gasteiger partial charge < -0.3 is 9.80 Å². The molecule has 1 unspecified atom stereocenters. The van der Waals surface area contributed by atoms with Gasteiger partial charge in [0.05, 0.1) is 5.69 Å². The third kappa shape index (κ3) is 2.41. The molecule has 0 N–H and O–H groups in total. The van der Waals surface area contributed by atoms with Crippen molar-refractivity contribution in [1.82, 2.24) is 14.9 Å². The van der Waals surface area contributed by atoms with Gasteiger partial charge in [-0.2, -0.15) is 0 Å². The molecule has 4 rings (SSSR count). The minimum absolute atomic E-state index is 0.0701. The number of nitrogens with zero attached hydrogens (tertiary/aromatic N) is 4. The van der Waals surface area contributed by atoms with E-state index in [2.05, 4.69) is 9.88 Å². The molecule has 23 heavy (non-hydrogen) atoms. The summed E-state index contributed by atoms with van der Waals surface area (Å²) in [6, 6.07) is 0. The van der Waals surface area contributed by atoms with Crippen LogP contribution in [0.15, 0.2) is 6.20 Å². The molecule has 1 saturated heterocycles. The second kappa shape index (κ2) is 5.46. The van der Waals surface area contributed by atoms with Gasteiger partial charge in [0.1, 0.15) is 0 Å². The Labute approximate surface area is 138 Å². The van der Waals surface area contributed by atoms with Gasteiger partial charge in [0, 0.05) is 44.7 Å². The molecule has 1 saturated carbocycles. The second-order valence-corrected chi connectivity index (χ2v) is 7.71. The normalized spacial score (nSPS) is 27.0. The van der Waals surface area contributed by atoms with E-state index in [4.69, 9.17) is 4.98 Å². The molecule has 5 heteroatoms. The summed E-state index contributed by atoms with van der Waals surface area (Å²) < 4.78 is 0. The lowest BCUT2D eigenvalue weighted by Crippen LogP contribution is -2.50. The van der Waals surface area contributed by atoms with Gasteiger partial charge in [-0.15, -0.1) is 0 Å². The molecule has 5 nitrogen and oxygen atoms in total. The predicted molar refractivity (Wildman–Crippen MR) is 89.5 cm³/mol. The van der Waals surface area contributed by atoms with Gasteiger partial charge in [-0.3, -0.25) is 4.79 Å². The number of amides is 1. The number of aryl methyl sites for hydroxylation is 1. The number of rotatable bonds is 2. The van der Waals surface area contributed by atoms with Crippen molar-refractivity contribution in [2.75, 3.05) is 32.1 Å². The third-order valence-corrected chi connectivity index (χ3v) is 5.97. The SMILES string of the molecule is CN(C)c1ncc2c(n1)C1(CCCN(C(=O)C3CCC3)C1)CC2. The van der Waals surface area contributed by atoms with Crippen molar-refractivity contribution >= 4 is 11.9 Å². The lowest BCUT2D eigenvalue weighted by atomic mass is 9.76. The molecule has 1 spiro atoms. The average Bonchev–Trinajstić information content (AvgIpc) is 2.83. The van der Waals surface area contributed by atoms with E-state index in [-0.39, 0.29) is 5.41 Å². The number of hydrogen-bond acceptors (Lipinski definition) is 4. The van der Waals surface area contributed by atoms with Crippen LogP contribution < -0.4 is 4.90 Å². The predicted octanol–water partition coefficient (Wildman–Crippen LogP) is 2.15. The van der Waals surface area contributed by atoms with Crippen molar-refractivity contribution in [3.05, 3.63) is 17.5 Å². The smallest absolute Gasteiger partial charge is 0.225 e. The Morgan fingerprint density at radius 3 is 2.83 bits per heavy atom. The molecule has 1 amide bonds. The summed E-state index contributed by atoms with van der Waals surface area (Å²) in [7, 11) is 3.97. The maximum atomic E-state index is 12.7. The Morgan fingerprint density at radius 1 is 1.30 bits per heavy atom. The quantitative estimate of drug-likeness (QED) is 0.839. The summed E-state index contributed by atoms with van der Waals surface area (Å²) in [5, 5.41) is 0. The number of likely N-dealkylation sites (tertiary alicyclic amines) is 1. The van der Waals surface area contributed by atoms with Gasteiger partial charge in [-0.05, 0) is 44.1 Å². The summed E-state index contributed by atoms with van der Waals surface area (Å²) in [4.78, 5) is 26.1. The summed E-state index contributed by atoms with van der Waals surface area (Å²) in [5.74, 6) is 1.48. The number of carbonyl (C=O) groups excluding carboxylic acids is 1. The number of anilines is 1. The minimum atomic E-state index is 0.0701. The Morgan fingerprint density at radius 2 is 2.13 bits per heavy atom. The van der Waals surface area contributed by atoms with E-state index in [1.165, 1.54) is 17.7 Å². The number of hydrogen-bond donors (Lipinski definition) is 0. The first kappa shape index (κ1) is 14.9. The maximum Gasteiger partial charge on any atom is 0.225 e. The molecule has 1 aromatic rings. The highest BCUT2D eigenvalue weighted by Gasteiger charge is 2.45. The lowest BCUT2D eigenvalue weighted by molar-refractivity contribution is -0.140. The van der Waals surface area contributed by atoms with E-state index < -0.39 is 0 Å². The first-order valence-corrected chi connectivity index (χ1v) is 8.92. The molecule has 2 fully saturated rings. The van der Waals surface area contributed by atoms with Gasteiger partial charge in [0.25, 0.3) is 0 Å². The van der Waals surface area contributed by atoms with Crippen LogP contribution in [0.3, 0.4) is 0 Å². The van der Waals surface area contributed by atoms with Crippen LogP contribution in [0.4, 0.5) is 5.95 Å². The first-order valence-electron chi connectivity index (χ1n) is 8.92. The molecule has 1 aliphatic heterocycles. The fourth-order valence-corrected chi connectivity index (χ4v) is 4.38. The van der Waals surface area contributed by atoms with Crippen LogP contribution in [0.25, 0.3) is 0 Å². The average molecular weight is 314 g/mol. The highest BCUT2D eigenvalue weighted by molar-refractivity contribution is 5.80. The van der Waals surface area contributed by atoms with E-state index in [1.807, 2.05) is 25.2 Å². The number of carbonyl (C=O) groups is 1.